The average molecular weight is 381 g/mol. The van der Waals surface area contributed by atoms with E-state index in [1.807, 2.05) is 37.3 Å². The van der Waals surface area contributed by atoms with E-state index in [0.717, 1.165) is 33.8 Å². The summed E-state index contributed by atoms with van der Waals surface area (Å²) in [5.41, 5.74) is 3.31. The molecule has 0 fully saturated rings. The second kappa shape index (κ2) is 6.29. The van der Waals surface area contributed by atoms with Crippen molar-refractivity contribution in [2.45, 2.75) is 19.4 Å². The monoisotopic (exact) mass is 380 g/mol. The lowest BCUT2D eigenvalue weighted by molar-refractivity contribution is 0.524. The molecule has 2 aromatic carbocycles. The van der Waals surface area contributed by atoms with Crippen molar-refractivity contribution in [3.63, 3.8) is 0 Å². The normalized spacial score (nSPS) is 17.2. The molecule has 24 heavy (non-hydrogen) atoms. The molecule has 1 aromatic heterocycles. The number of rotatable bonds is 3. The molecule has 3 aromatic rings. The molecular weight excluding hydrogens is 364 g/mol. The van der Waals surface area contributed by atoms with Crippen LogP contribution in [0.5, 0.6) is 0 Å². The Morgan fingerprint density at radius 2 is 1.75 bits per heavy atom. The Bertz CT molecular complexity index is 868. The van der Waals surface area contributed by atoms with Crippen LogP contribution < -0.4 is 5.01 Å². The average Bonchev–Trinajstić information content (AvgIpc) is 3.23. The van der Waals surface area contributed by atoms with Crippen molar-refractivity contribution in [2.75, 3.05) is 5.01 Å². The van der Waals surface area contributed by atoms with Gasteiger partial charge in [-0.05, 0) is 48.9 Å². The van der Waals surface area contributed by atoms with Crippen LogP contribution in [0.1, 0.15) is 29.5 Å². The largest absolute Gasteiger partial charge is 0.460 e. The second-order valence-electron chi connectivity index (χ2n) is 5.91. The minimum atomic E-state index is 0.168. The SMILES string of the molecule is Cc1ccc(C2=NN(c3ccccc3)C(c3ccc(Br)cc3)C2)o1. The number of hydrogen-bond acceptors (Lipinski definition) is 3. The summed E-state index contributed by atoms with van der Waals surface area (Å²) < 4.78 is 6.87. The van der Waals surface area contributed by atoms with Gasteiger partial charge in [0.2, 0.25) is 0 Å². The Kier molecular flexibility index (Phi) is 3.98. The first kappa shape index (κ1) is 15.2. The Morgan fingerprint density at radius 1 is 1.00 bits per heavy atom. The molecule has 2 heterocycles. The number of furan rings is 1. The van der Waals surface area contributed by atoms with Crippen LogP contribution in [0.15, 0.2) is 80.7 Å². The summed E-state index contributed by atoms with van der Waals surface area (Å²) in [5, 5.41) is 6.96. The van der Waals surface area contributed by atoms with Crippen molar-refractivity contribution in [3.05, 3.63) is 88.3 Å². The number of benzene rings is 2. The molecular formula is C20H17BrN2O. The third-order valence-corrected chi connectivity index (χ3v) is 4.74. The van der Waals surface area contributed by atoms with E-state index in [1.54, 1.807) is 0 Å². The highest BCUT2D eigenvalue weighted by molar-refractivity contribution is 9.10. The maximum atomic E-state index is 5.79. The molecule has 0 saturated carbocycles. The summed E-state index contributed by atoms with van der Waals surface area (Å²) in [6, 6.07) is 22.9. The molecule has 1 aliphatic rings. The summed E-state index contributed by atoms with van der Waals surface area (Å²) in [4.78, 5) is 0. The summed E-state index contributed by atoms with van der Waals surface area (Å²) in [6.45, 7) is 1.96. The highest BCUT2D eigenvalue weighted by atomic mass is 79.9. The third kappa shape index (κ3) is 2.89. The molecule has 0 amide bonds. The quantitative estimate of drug-likeness (QED) is 0.582. The van der Waals surface area contributed by atoms with Crippen LogP contribution in [0.4, 0.5) is 5.69 Å². The van der Waals surface area contributed by atoms with Crippen LogP contribution in [0.25, 0.3) is 0 Å². The van der Waals surface area contributed by atoms with E-state index >= 15 is 0 Å². The molecule has 0 saturated heterocycles. The number of aryl methyl sites for hydroxylation is 1. The van der Waals surface area contributed by atoms with Gasteiger partial charge in [-0.25, -0.2) is 0 Å². The molecule has 0 radical (unpaired) electrons. The molecule has 0 N–H and O–H groups in total. The lowest BCUT2D eigenvalue weighted by Crippen LogP contribution is -2.18. The summed E-state index contributed by atoms with van der Waals surface area (Å²) in [6.07, 6.45) is 0.823. The van der Waals surface area contributed by atoms with E-state index in [0.29, 0.717) is 0 Å². The van der Waals surface area contributed by atoms with Gasteiger partial charge in [-0.15, -0.1) is 0 Å². The maximum absolute atomic E-state index is 5.79. The van der Waals surface area contributed by atoms with Crippen molar-refractivity contribution < 1.29 is 4.42 Å². The van der Waals surface area contributed by atoms with Gasteiger partial charge in [0.25, 0.3) is 0 Å². The fourth-order valence-corrected chi connectivity index (χ4v) is 3.28. The zero-order valence-electron chi connectivity index (χ0n) is 13.3. The molecule has 1 unspecified atom stereocenters. The second-order valence-corrected chi connectivity index (χ2v) is 6.82. The third-order valence-electron chi connectivity index (χ3n) is 4.21. The van der Waals surface area contributed by atoms with Crippen LogP contribution in [0, 0.1) is 6.92 Å². The Labute approximate surface area is 149 Å². The molecule has 1 atom stereocenters. The zero-order valence-corrected chi connectivity index (χ0v) is 14.9. The minimum absolute atomic E-state index is 0.168. The Balaban J connectivity index is 1.74. The molecule has 1 aliphatic heterocycles. The first-order valence-corrected chi connectivity index (χ1v) is 8.74. The van der Waals surface area contributed by atoms with Crippen molar-refractivity contribution in [1.29, 1.82) is 0 Å². The van der Waals surface area contributed by atoms with Crippen molar-refractivity contribution in [1.82, 2.24) is 0 Å². The molecule has 120 valence electrons. The predicted octanol–water partition coefficient (Wildman–Crippen LogP) is 5.71. The molecule has 3 nitrogen and oxygen atoms in total. The first-order chi connectivity index (χ1) is 11.7. The first-order valence-electron chi connectivity index (χ1n) is 7.95. The molecule has 0 aliphatic carbocycles. The topological polar surface area (TPSA) is 28.7 Å². The number of para-hydroxylation sites is 1. The van der Waals surface area contributed by atoms with Gasteiger partial charge in [-0.2, -0.15) is 5.10 Å². The summed E-state index contributed by atoms with van der Waals surface area (Å²) in [7, 11) is 0. The van der Waals surface area contributed by atoms with Gasteiger partial charge in [0.15, 0.2) is 0 Å². The van der Waals surface area contributed by atoms with Crippen molar-refractivity contribution >= 4 is 27.3 Å². The van der Waals surface area contributed by atoms with Crippen LogP contribution in [-0.4, -0.2) is 5.71 Å². The Morgan fingerprint density at radius 3 is 2.42 bits per heavy atom. The van der Waals surface area contributed by atoms with E-state index in [9.17, 15) is 0 Å². The number of nitrogens with zero attached hydrogens (tertiary/aromatic N) is 2. The fraction of sp³-hybridized carbons (Fsp3) is 0.150. The van der Waals surface area contributed by atoms with Crippen LogP contribution >= 0.6 is 15.9 Å². The molecule has 4 heteroatoms. The number of hydrazone groups is 1. The van der Waals surface area contributed by atoms with E-state index < -0.39 is 0 Å². The van der Waals surface area contributed by atoms with E-state index in [4.69, 9.17) is 9.52 Å². The van der Waals surface area contributed by atoms with Gasteiger partial charge >= 0.3 is 0 Å². The zero-order chi connectivity index (χ0) is 16.5. The number of halogens is 1. The highest BCUT2D eigenvalue weighted by Crippen LogP contribution is 2.37. The minimum Gasteiger partial charge on any atom is -0.460 e. The van der Waals surface area contributed by atoms with Crippen LogP contribution in [0.3, 0.4) is 0 Å². The van der Waals surface area contributed by atoms with Crippen molar-refractivity contribution in [2.24, 2.45) is 5.10 Å². The van der Waals surface area contributed by atoms with Gasteiger partial charge in [-0.3, -0.25) is 5.01 Å². The molecule has 0 bridgehead atoms. The van der Waals surface area contributed by atoms with Crippen LogP contribution in [-0.2, 0) is 0 Å². The molecule has 0 spiro atoms. The molecule has 4 rings (SSSR count). The van der Waals surface area contributed by atoms with Crippen LogP contribution in [0.2, 0.25) is 0 Å². The maximum Gasteiger partial charge on any atom is 0.150 e. The van der Waals surface area contributed by atoms with Gasteiger partial charge in [-0.1, -0.05) is 46.3 Å². The number of hydrogen-bond donors (Lipinski definition) is 0. The summed E-state index contributed by atoms with van der Waals surface area (Å²) >= 11 is 3.51. The van der Waals surface area contributed by atoms with Gasteiger partial charge in [0, 0.05) is 10.9 Å². The smallest absolute Gasteiger partial charge is 0.150 e. The fourth-order valence-electron chi connectivity index (χ4n) is 3.01. The van der Waals surface area contributed by atoms with E-state index in [1.165, 1.54) is 5.56 Å². The predicted molar refractivity (Wildman–Crippen MR) is 100 cm³/mol. The van der Waals surface area contributed by atoms with Crippen molar-refractivity contribution in [3.8, 4) is 0 Å². The lowest BCUT2D eigenvalue weighted by Gasteiger charge is -2.24. The number of anilines is 1. The van der Waals surface area contributed by atoms with E-state index in [2.05, 4.69) is 57.3 Å². The van der Waals surface area contributed by atoms with Gasteiger partial charge < -0.3 is 4.42 Å². The van der Waals surface area contributed by atoms with Gasteiger partial charge in [0.1, 0.15) is 17.2 Å². The van der Waals surface area contributed by atoms with E-state index in [-0.39, 0.29) is 6.04 Å². The standard InChI is InChI=1S/C20H17BrN2O/c1-14-7-12-20(24-14)18-13-19(15-8-10-16(21)11-9-15)23(22-18)17-5-3-2-4-6-17/h2-12,19H,13H2,1H3. The lowest BCUT2D eigenvalue weighted by atomic mass is 10.0. The highest BCUT2D eigenvalue weighted by Gasteiger charge is 2.31. The van der Waals surface area contributed by atoms with Gasteiger partial charge in [0.05, 0.1) is 11.7 Å². The summed E-state index contributed by atoms with van der Waals surface area (Å²) in [5.74, 6) is 1.76. The Hall–Kier alpha value is -2.33.